The molecule has 1 fully saturated rings. The number of benzene rings is 1. The van der Waals surface area contributed by atoms with Crippen LogP contribution < -0.4 is 19.5 Å². The van der Waals surface area contributed by atoms with Gasteiger partial charge in [-0.3, -0.25) is 9.59 Å². The minimum Gasteiger partial charge on any atom is -0.493 e. The van der Waals surface area contributed by atoms with E-state index in [-0.39, 0.29) is 18.6 Å². The van der Waals surface area contributed by atoms with Gasteiger partial charge in [-0.2, -0.15) is 0 Å². The van der Waals surface area contributed by atoms with E-state index in [9.17, 15) is 9.59 Å². The molecule has 0 aliphatic carbocycles. The average Bonchev–Trinajstić information content (AvgIpc) is 2.70. The molecule has 0 aromatic heterocycles. The number of hydrogen-bond acceptors (Lipinski definition) is 6. The van der Waals surface area contributed by atoms with Crippen LogP contribution in [0.1, 0.15) is 23.7 Å². The molecule has 0 radical (unpaired) electrons. The van der Waals surface area contributed by atoms with Crippen molar-refractivity contribution < 1.29 is 28.5 Å². The summed E-state index contributed by atoms with van der Waals surface area (Å²) in [5, 5.41) is 2.65. The van der Waals surface area contributed by atoms with Crippen LogP contribution in [0.15, 0.2) is 12.1 Å². The third-order valence-electron chi connectivity index (χ3n) is 4.27. The van der Waals surface area contributed by atoms with Crippen molar-refractivity contribution in [1.29, 1.82) is 0 Å². The number of amides is 2. The van der Waals surface area contributed by atoms with E-state index in [1.54, 1.807) is 17.0 Å². The van der Waals surface area contributed by atoms with Gasteiger partial charge in [-0.25, -0.2) is 0 Å². The van der Waals surface area contributed by atoms with Crippen LogP contribution in [-0.4, -0.2) is 70.4 Å². The second-order valence-corrected chi connectivity index (χ2v) is 5.84. The molecule has 2 rings (SSSR count). The Bertz CT molecular complexity index is 624. The van der Waals surface area contributed by atoms with Crippen molar-refractivity contribution >= 4 is 11.8 Å². The third-order valence-corrected chi connectivity index (χ3v) is 4.27. The molecule has 8 heteroatoms. The van der Waals surface area contributed by atoms with Gasteiger partial charge in [0.05, 0.1) is 40.6 Å². The van der Waals surface area contributed by atoms with E-state index in [0.29, 0.717) is 42.5 Å². The molecule has 0 spiro atoms. The van der Waals surface area contributed by atoms with Crippen LogP contribution in [-0.2, 0) is 9.53 Å². The summed E-state index contributed by atoms with van der Waals surface area (Å²) >= 11 is 0. The number of methoxy groups -OCH3 is 3. The Morgan fingerprint density at radius 3 is 2.38 bits per heavy atom. The maximum absolute atomic E-state index is 12.4. The monoisotopic (exact) mass is 366 g/mol. The van der Waals surface area contributed by atoms with Gasteiger partial charge in [0.1, 0.15) is 0 Å². The molecule has 0 bridgehead atoms. The first-order chi connectivity index (χ1) is 12.5. The van der Waals surface area contributed by atoms with Crippen molar-refractivity contribution in [2.75, 3.05) is 47.6 Å². The number of hydrogen-bond donors (Lipinski definition) is 1. The van der Waals surface area contributed by atoms with E-state index in [0.717, 1.165) is 6.42 Å². The minimum atomic E-state index is -0.391. The molecule has 1 N–H and O–H groups in total. The Balaban J connectivity index is 2.02. The van der Waals surface area contributed by atoms with Gasteiger partial charge in [-0.05, 0) is 18.6 Å². The number of nitrogens with zero attached hydrogens (tertiary/aromatic N) is 1. The highest BCUT2D eigenvalue weighted by molar-refractivity contribution is 5.97. The highest BCUT2D eigenvalue weighted by atomic mass is 16.5. The van der Waals surface area contributed by atoms with E-state index in [2.05, 4.69) is 5.32 Å². The lowest BCUT2D eigenvalue weighted by atomic mass is 10.1. The summed E-state index contributed by atoms with van der Waals surface area (Å²) in [6.07, 6.45) is 0.903. The zero-order chi connectivity index (χ0) is 19.1. The Labute approximate surface area is 153 Å². The van der Waals surface area contributed by atoms with Crippen molar-refractivity contribution in [2.45, 2.75) is 19.4 Å². The summed E-state index contributed by atoms with van der Waals surface area (Å²) in [4.78, 5) is 26.5. The SMILES string of the molecule is CCC1CN(C(=O)CNC(=O)c2cc(OC)c(OC)c(OC)c2)CCO1. The fourth-order valence-corrected chi connectivity index (χ4v) is 2.77. The zero-order valence-corrected chi connectivity index (χ0v) is 15.7. The molecule has 1 unspecified atom stereocenters. The molecule has 1 aliphatic heterocycles. The summed E-state index contributed by atoms with van der Waals surface area (Å²) in [5.74, 6) is 0.636. The van der Waals surface area contributed by atoms with Crippen molar-refractivity contribution in [3.63, 3.8) is 0 Å². The van der Waals surface area contributed by atoms with Crippen LogP contribution in [0.4, 0.5) is 0 Å². The van der Waals surface area contributed by atoms with Gasteiger partial charge < -0.3 is 29.2 Å². The first-order valence-corrected chi connectivity index (χ1v) is 8.51. The van der Waals surface area contributed by atoms with Crippen LogP contribution in [0.25, 0.3) is 0 Å². The minimum absolute atomic E-state index is 0.0542. The maximum atomic E-state index is 12.4. The van der Waals surface area contributed by atoms with Gasteiger partial charge in [0, 0.05) is 18.7 Å². The van der Waals surface area contributed by atoms with Crippen LogP contribution >= 0.6 is 0 Å². The van der Waals surface area contributed by atoms with Crippen LogP contribution in [0.2, 0.25) is 0 Å². The van der Waals surface area contributed by atoms with Gasteiger partial charge in [-0.15, -0.1) is 0 Å². The van der Waals surface area contributed by atoms with Crippen LogP contribution in [0.3, 0.4) is 0 Å². The molecular formula is C18H26N2O6. The quantitative estimate of drug-likeness (QED) is 0.777. The van der Waals surface area contributed by atoms with Crippen molar-refractivity contribution in [3.8, 4) is 17.2 Å². The second-order valence-electron chi connectivity index (χ2n) is 5.84. The highest BCUT2D eigenvalue weighted by Gasteiger charge is 2.24. The predicted octanol–water partition coefficient (Wildman–Crippen LogP) is 1.08. The molecule has 1 aromatic rings. The first kappa shape index (κ1) is 19.8. The Morgan fingerprint density at radius 1 is 1.19 bits per heavy atom. The number of nitrogens with one attached hydrogen (secondary N) is 1. The number of carbonyl (C=O) groups excluding carboxylic acids is 2. The van der Waals surface area contributed by atoms with Gasteiger partial charge >= 0.3 is 0 Å². The molecule has 26 heavy (non-hydrogen) atoms. The molecular weight excluding hydrogens is 340 g/mol. The molecule has 0 saturated carbocycles. The molecule has 1 heterocycles. The smallest absolute Gasteiger partial charge is 0.251 e. The fourth-order valence-electron chi connectivity index (χ4n) is 2.77. The zero-order valence-electron chi connectivity index (χ0n) is 15.7. The highest BCUT2D eigenvalue weighted by Crippen LogP contribution is 2.38. The van der Waals surface area contributed by atoms with Gasteiger partial charge in [0.25, 0.3) is 5.91 Å². The molecule has 8 nitrogen and oxygen atoms in total. The number of ether oxygens (including phenoxy) is 4. The van der Waals surface area contributed by atoms with Gasteiger partial charge in [0.15, 0.2) is 11.5 Å². The predicted molar refractivity (Wildman–Crippen MR) is 95.0 cm³/mol. The lowest BCUT2D eigenvalue weighted by molar-refractivity contribution is -0.137. The van der Waals surface area contributed by atoms with Crippen molar-refractivity contribution in [3.05, 3.63) is 17.7 Å². The topological polar surface area (TPSA) is 86.3 Å². The summed E-state index contributed by atoms with van der Waals surface area (Å²) in [7, 11) is 4.45. The summed E-state index contributed by atoms with van der Waals surface area (Å²) in [6.45, 7) is 3.55. The molecule has 1 aromatic carbocycles. The van der Waals surface area contributed by atoms with Crippen molar-refractivity contribution in [1.82, 2.24) is 10.2 Å². The van der Waals surface area contributed by atoms with Crippen molar-refractivity contribution in [2.24, 2.45) is 0 Å². The van der Waals surface area contributed by atoms with E-state index in [1.165, 1.54) is 21.3 Å². The van der Waals surface area contributed by atoms with E-state index in [4.69, 9.17) is 18.9 Å². The summed E-state index contributed by atoms with van der Waals surface area (Å²) in [5.41, 5.74) is 0.320. The Kier molecular flexibility index (Phi) is 7.08. The maximum Gasteiger partial charge on any atom is 0.251 e. The van der Waals surface area contributed by atoms with E-state index in [1.807, 2.05) is 6.92 Å². The average molecular weight is 366 g/mol. The summed E-state index contributed by atoms with van der Waals surface area (Å²) in [6, 6.07) is 3.09. The first-order valence-electron chi connectivity index (χ1n) is 8.51. The lowest BCUT2D eigenvalue weighted by Gasteiger charge is -2.32. The molecule has 144 valence electrons. The second kappa shape index (κ2) is 9.28. The summed E-state index contributed by atoms with van der Waals surface area (Å²) < 4.78 is 21.3. The standard InChI is InChI=1S/C18H26N2O6/c1-5-13-11-20(6-7-26-13)16(21)10-19-18(22)12-8-14(23-2)17(25-4)15(9-12)24-3/h8-9,13H,5-7,10-11H2,1-4H3,(H,19,22). The Morgan fingerprint density at radius 2 is 1.85 bits per heavy atom. The Hall–Kier alpha value is -2.48. The van der Waals surface area contributed by atoms with Gasteiger partial charge in [0.2, 0.25) is 11.7 Å². The van der Waals surface area contributed by atoms with Crippen LogP contribution in [0.5, 0.6) is 17.2 Å². The normalized spacial score (nSPS) is 16.8. The number of rotatable bonds is 7. The molecule has 2 amide bonds. The molecule has 1 atom stereocenters. The molecule has 1 saturated heterocycles. The van der Waals surface area contributed by atoms with Gasteiger partial charge in [-0.1, -0.05) is 6.92 Å². The fraction of sp³-hybridized carbons (Fsp3) is 0.556. The largest absolute Gasteiger partial charge is 0.493 e. The number of morpholine rings is 1. The molecule has 1 aliphatic rings. The van der Waals surface area contributed by atoms with Crippen LogP contribution in [0, 0.1) is 0 Å². The number of carbonyl (C=O) groups is 2. The third kappa shape index (κ3) is 4.57. The van der Waals surface area contributed by atoms with E-state index < -0.39 is 5.91 Å². The van der Waals surface area contributed by atoms with E-state index >= 15 is 0 Å². The lowest BCUT2D eigenvalue weighted by Crippen LogP contribution is -2.48.